The minimum absolute atomic E-state index is 0.0434. The van der Waals surface area contributed by atoms with E-state index in [1.54, 1.807) is 35.9 Å². The fraction of sp³-hybridized carbons (Fsp3) is 0.389. The van der Waals surface area contributed by atoms with Gasteiger partial charge in [-0.3, -0.25) is 14.4 Å². The minimum Gasteiger partial charge on any atom is -0.352 e. The van der Waals surface area contributed by atoms with Gasteiger partial charge in [-0.2, -0.15) is 0 Å². The molecule has 2 amide bonds. The average molecular weight is 329 g/mol. The monoisotopic (exact) mass is 329 g/mol. The Morgan fingerprint density at radius 1 is 1.12 bits per heavy atom. The molecule has 0 aliphatic carbocycles. The number of rotatable bonds is 6. The summed E-state index contributed by atoms with van der Waals surface area (Å²) in [6.07, 6.45) is 2.42. The van der Waals surface area contributed by atoms with Crippen LogP contribution in [0.1, 0.15) is 27.2 Å². The molecule has 2 atom stereocenters. The summed E-state index contributed by atoms with van der Waals surface area (Å²) in [7, 11) is 0. The van der Waals surface area contributed by atoms with Crippen LogP contribution in [0, 0.1) is 0 Å². The molecule has 2 aromatic rings. The van der Waals surface area contributed by atoms with Gasteiger partial charge in [0.2, 0.25) is 11.8 Å². The van der Waals surface area contributed by atoms with Gasteiger partial charge in [-0.05, 0) is 32.4 Å². The molecule has 2 unspecified atom stereocenters. The molecule has 1 aromatic heterocycles. The zero-order valence-corrected chi connectivity index (χ0v) is 14.2. The molecule has 1 aromatic carbocycles. The standard InChI is InChI=1S/C18H23N3O3/c1-4-12(2)19-18(24)13(3)20-17(23)11-21-10-9-16(22)14-7-5-6-8-15(14)21/h5-10,12-13H,4,11H2,1-3H3,(H,19,24)(H,20,23). The van der Waals surface area contributed by atoms with Crippen LogP contribution in [0.2, 0.25) is 0 Å². The van der Waals surface area contributed by atoms with Crippen molar-refractivity contribution in [2.75, 3.05) is 0 Å². The number of fused-ring (bicyclic) bond motifs is 1. The van der Waals surface area contributed by atoms with Crippen molar-refractivity contribution in [2.45, 2.75) is 45.8 Å². The summed E-state index contributed by atoms with van der Waals surface area (Å²) in [5.41, 5.74) is 0.611. The lowest BCUT2D eigenvalue weighted by Gasteiger charge is -2.18. The Kier molecular flexibility index (Phi) is 5.73. The van der Waals surface area contributed by atoms with E-state index < -0.39 is 6.04 Å². The molecule has 6 nitrogen and oxygen atoms in total. The highest BCUT2D eigenvalue weighted by atomic mass is 16.2. The molecule has 0 fully saturated rings. The summed E-state index contributed by atoms with van der Waals surface area (Å²) < 4.78 is 1.70. The third-order valence-electron chi connectivity index (χ3n) is 3.97. The highest BCUT2D eigenvalue weighted by Crippen LogP contribution is 2.09. The summed E-state index contributed by atoms with van der Waals surface area (Å²) in [6, 6.07) is 8.02. The molecule has 128 valence electrons. The number of nitrogens with one attached hydrogen (secondary N) is 2. The molecule has 2 rings (SSSR count). The highest BCUT2D eigenvalue weighted by molar-refractivity contribution is 5.88. The van der Waals surface area contributed by atoms with Gasteiger partial charge in [-0.25, -0.2) is 0 Å². The lowest BCUT2D eigenvalue weighted by atomic mass is 10.2. The van der Waals surface area contributed by atoms with Crippen LogP contribution >= 0.6 is 0 Å². The second-order valence-corrected chi connectivity index (χ2v) is 5.93. The SMILES string of the molecule is CCC(C)NC(=O)C(C)NC(=O)Cn1ccc(=O)c2ccccc21. The smallest absolute Gasteiger partial charge is 0.242 e. The predicted molar refractivity (Wildman–Crippen MR) is 93.7 cm³/mol. The number of nitrogens with zero attached hydrogens (tertiary/aromatic N) is 1. The maximum absolute atomic E-state index is 12.2. The Morgan fingerprint density at radius 2 is 1.83 bits per heavy atom. The van der Waals surface area contributed by atoms with Gasteiger partial charge in [0.25, 0.3) is 0 Å². The summed E-state index contributed by atoms with van der Waals surface area (Å²) in [5, 5.41) is 6.09. The third kappa shape index (κ3) is 4.22. The van der Waals surface area contributed by atoms with E-state index in [4.69, 9.17) is 0 Å². The highest BCUT2D eigenvalue weighted by Gasteiger charge is 2.17. The van der Waals surface area contributed by atoms with E-state index in [1.165, 1.54) is 6.07 Å². The molecule has 0 radical (unpaired) electrons. The number of aromatic nitrogens is 1. The lowest BCUT2D eigenvalue weighted by Crippen LogP contribution is -2.48. The van der Waals surface area contributed by atoms with Crippen LogP contribution in [0.15, 0.2) is 41.3 Å². The van der Waals surface area contributed by atoms with Gasteiger partial charge in [0.05, 0.1) is 5.52 Å². The number of benzene rings is 1. The number of para-hydroxylation sites is 1. The first-order chi connectivity index (χ1) is 11.4. The second-order valence-electron chi connectivity index (χ2n) is 5.93. The van der Waals surface area contributed by atoms with E-state index in [-0.39, 0.29) is 29.8 Å². The molecule has 0 saturated heterocycles. The molecule has 2 N–H and O–H groups in total. The van der Waals surface area contributed by atoms with Crippen LogP contribution in [0.25, 0.3) is 10.9 Å². The van der Waals surface area contributed by atoms with E-state index >= 15 is 0 Å². The number of carbonyl (C=O) groups is 2. The van der Waals surface area contributed by atoms with Crippen LogP contribution < -0.4 is 16.1 Å². The number of amides is 2. The van der Waals surface area contributed by atoms with Crippen molar-refractivity contribution in [1.29, 1.82) is 0 Å². The molecular formula is C18H23N3O3. The van der Waals surface area contributed by atoms with Gasteiger partial charge >= 0.3 is 0 Å². The molecule has 0 bridgehead atoms. The molecule has 0 spiro atoms. The average Bonchev–Trinajstić information content (AvgIpc) is 2.57. The normalized spacial score (nSPS) is 13.3. The van der Waals surface area contributed by atoms with Crippen molar-refractivity contribution in [3.05, 3.63) is 46.8 Å². The van der Waals surface area contributed by atoms with Crippen LogP contribution in [0.3, 0.4) is 0 Å². The Hall–Kier alpha value is -2.63. The maximum Gasteiger partial charge on any atom is 0.242 e. The van der Waals surface area contributed by atoms with E-state index in [0.717, 1.165) is 6.42 Å². The van der Waals surface area contributed by atoms with Crippen LogP contribution in [-0.2, 0) is 16.1 Å². The van der Waals surface area contributed by atoms with Crippen molar-refractivity contribution in [3.8, 4) is 0 Å². The Labute approximate surface area is 140 Å². The summed E-state index contributed by atoms with van der Waals surface area (Å²) in [6.45, 7) is 5.59. The number of pyridine rings is 1. The number of carbonyl (C=O) groups excluding carboxylic acids is 2. The third-order valence-corrected chi connectivity index (χ3v) is 3.97. The van der Waals surface area contributed by atoms with Crippen molar-refractivity contribution >= 4 is 22.7 Å². The molecule has 24 heavy (non-hydrogen) atoms. The largest absolute Gasteiger partial charge is 0.352 e. The van der Waals surface area contributed by atoms with Gasteiger partial charge in [0.15, 0.2) is 5.43 Å². The van der Waals surface area contributed by atoms with Crippen LogP contribution in [-0.4, -0.2) is 28.5 Å². The van der Waals surface area contributed by atoms with E-state index in [0.29, 0.717) is 10.9 Å². The van der Waals surface area contributed by atoms with Crippen molar-refractivity contribution in [2.24, 2.45) is 0 Å². The quantitative estimate of drug-likeness (QED) is 0.841. The number of hydrogen-bond acceptors (Lipinski definition) is 3. The Balaban J connectivity index is 2.07. The first-order valence-electron chi connectivity index (χ1n) is 8.10. The van der Waals surface area contributed by atoms with E-state index in [9.17, 15) is 14.4 Å². The van der Waals surface area contributed by atoms with Gasteiger partial charge in [-0.15, -0.1) is 0 Å². The summed E-state index contributed by atoms with van der Waals surface area (Å²) in [5.74, 6) is -0.488. The van der Waals surface area contributed by atoms with Crippen molar-refractivity contribution < 1.29 is 9.59 Å². The van der Waals surface area contributed by atoms with Gasteiger partial charge < -0.3 is 15.2 Å². The molecule has 0 aliphatic heterocycles. The molecular weight excluding hydrogens is 306 g/mol. The second kappa shape index (κ2) is 7.77. The fourth-order valence-electron chi connectivity index (χ4n) is 2.38. The van der Waals surface area contributed by atoms with E-state index in [2.05, 4.69) is 10.6 Å². The fourth-order valence-corrected chi connectivity index (χ4v) is 2.38. The first kappa shape index (κ1) is 17.7. The van der Waals surface area contributed by atoms with Gasteiger partial charge in [0, 0.05) is 23.7 Å². The topological polar surface area (TPSA) is 80.2 Å². The van der Waals surface area contributed by atoms with Crippen LogP contribution in [0.5, 0.6) is 0 Å². The molecule has 6 heteroatoms. The van der Waals surface area contributed by atoms with E-state index in [1.807, 2.05) is 19.9 Å². The predicted octanol–water partition coefficient (Wildman–Crippen LogP) is 1.42. The molecule has 0 aliphatic rings. The first-order valence-corrected chi connectivity index (χ1v) is 8.10. The van der Waals surface area contributed by atoms with Crippen LogP contribution in [0.4, 0.5) is 0 Å². The molecule has 0 saturated carbocycles. The lowest BCUT2D eigenvalue weighted by molar-refractivity contribution is -0.129. The van der Waals surface area contributed by atoms with Crippen molar-refractivity contribution in [3.63, 3.8) is 0 Å². The van der Waals surface area contributed by atoms with Gasteiger partial charge in [0.1, 0.15) is 12.6 Å². The Morgan fingerprint density at radius 3 is 2.54 bits per heavy atom. The van der Waals surface area contributed by atoms with Crippen molar-refractivity contribution in [1.82, 2.24) is 15.2 Å². The Bertz CT molecular complexity index is 797. The number of hydrogen-bond donors (Lipinski definition) is 2. The van der Waals surface area contributed by atoms with Gasteiger partial charge in [-0.1, -0.05) is 19.1 Å². The maximum atomic E-state index is 12.2. The molecule has 1 heterocycles. The zero-order chi connectivity index (χ0) is 17.7. The summed E-state index contributed by atoms with van der Waals surface area (Å²) >= 11 is 0. The minimum atomic E-state index is -0.614. The zero-order valence-electron chi connectivity index (χ0n) is 14.2. The summed E-state index contributed by atoms with van der Waals surface area (Å²) in [4.78, 5) is 36.1.